The van der Waals surface area contributed by atoms with Crippen LogP contribution in [0.4, 0.5) is 0 Å². The van der Waals surface area contributed by atoms with Crippen molar-refractivity contribution in [1.82, 2.24) is 14.6 Å². The van der Waals surface area contributed by atoms with E-state index in [9.17, 15) is 9.59 Å². The average molecular weight is 406 g/mol. The highest BCUT2D eigenvalue weighted by Gasteiger charge is 2.29. The number of amides is 2. The molecule has 1 saturated heterocycles. The molecule has 2 aliphatic rings. The summed E-state index contributed by atoms with van der Waals surface area (Å²) < 4.78 is 9.93. The number of halogens is 2. The number of ether oxygens (including phenoxy) is 1. The first-order chi connectivity index (χ1) is 12.0. The van der Waals surface area contributed by atoms with Crippen molar-refractivity contribution in [1.29, 1.82) is 0 Å². The van der Waals surface area contributed by atoms with E-state index in [1.54, 1.807) is 0 Å². The van der Waals surface area contributed by atoms with Gasteiger partial charge in [0.15, 0.2) is 5.69 Å². The molecule has 1 aromatic heterocycles. The number of carbonyl (C=O) groups is 2. The van der Waals surface area contributed by atoms with Gasteiger partial charge in [0.05, 0.1) is 12.6 Å². The van der Waals surface area contributed by atoms with Gasteiger partial charge in [-0.05, 0) is 37.2 Å². The lowest BCUT2D eigenvalue weighted by molar-refractivity contribution is -0.122. The third-order valence-electron chi connectivity index (χ3n) is 4.59. The Balaban J connectivity index is 1.68. The van der Waals surface area contributed by atoms with E-state index in [0.717, 1.165) is 50.1 Å². The summed E-state index contributed by atoms with van der Waals surface area (Å²) in [5.41, 5.74) is 0.100. The molecular formula is C16H21Cl2N3O3S. The fourth-order valence-corrected chi connectivity index (χ4v) is 4.30. The molecule has 1 aliphatic carbocycles. The van der Waals surface area contributed by atoms with Crippen LogP contribution in [0.2, 0.25) is 9.36 Å². The van der Waals surface area contributed by atoms with Crippen molar-refractivity contribution in [3.63, 3.8) is 0 Å². The molecule has 2 fully saturated rings. The van der Waals surface area contributed by atoms with Crippen LogP contribution in [0.15, 0.2) is 0 Å². The Labute approximate surface area is 161 Å². The minimum atomic E-state index is -0.384. The molecule has 1 saturated carbocycles. The summed E-state index contributed by atoms with van der Waals surface area (Å²) in [6.07, 6.45) is 6.05. The molecule has 138 valence electrons. The molecule has 2 amide bonds. The Bertz CT molecular complexity index is 628. The highest BCUT2D eigenvalue weighted by atomic mass is 35.5. The minimum Gasteiger partial charge on any atom is -0.376 e. The first-order valence-corrected chi connectivity index (χ1v) is 10.1. The lowest BCUT2D eigenvalue weighted by Crippen LogP contribution is -2.46. The van der Waals surface area contributed by atoms with Gasteiger partial charge in [-0.25, -0.2) is 0 Å². The van der Waals surface area contributed by atoms with E-state index in [1.165, 1.54) is 4.90 Å². The van der Waals surface area contributed by atoms with Gasteiger partial charge in [0, 0.05) is 19.2 Å². The van der Waals surface area contributed by atoms with Crippen molar-refractivity contribution in [3.05, 3.63) is 15.1 Å². The van der Waals surface area contributed by atoms with Crippen molar-refractivity contribution in [2.24, 2.45) is 0 Å². The summed E-state index contributed by atoms with van der Waals surface area (Å²) in [6, 6.07) is 0.212. The van der Waals surface area contributed by atoms with Crippen LogP contribution in [0.5, 0.6) is 0 Å². The minimum absolute atomic E-state index is 0.0271. The Morgan fingerprint density at radius 1 is 1.24 bits per heavy atom. The Morgan fingerprint density at radius 3 is 2.60 bits per heavy atom. The van der Waals surface area contributed by atoms with Crippen molar-refractivity contribution < 1.29 is 14.3 Å². The second kappa shape index (κ2) is 8.66. The van der Waals surface area contributed by atoms with Gasteiger partial charge >= 0.3 is 0 Å². The second-order valence-corrected chi connectivity index (χ2v) is 8.24. The second-order valence-electron chi connectivity index (χ2n) is 6.49. The summed E-state index contributed by atoms with van der Waals surface area (Å²) in [5, 5.41) is 3.15. The van der Waals surface area contributed by atoms with Crippen LogP contribution < -0.4 is 5.32 Å². The quantitative estimate of drug-likeness (QED) is 0.788. The lowest BCUT2D eigenvalue weighted by atomic mass is 10.2. The third kappa shape index (κ3) is 4.84. The maximum absolute atomic E-state index is 12.8. The molecule has 0 aromatic carbocycles. The van der Waals surface area contributed by atoms with Crippen LogP contribution in [-0.4, -0.2) is 52.9 Å². The normalized spacial score (nSPS) is 20.8. The highest BCUT2D eigenvalue weighted by Crippen LogP contribution is 2.30. The predicted octanol–water partition coefficient (Wildman–Crippen LogP) is 3.13. The molecule has 1 N–H and O–H groups in total. The zero-order chi connectivity index (χ0) is 17.8. The van der Waals surface area contributed by atoms with Crippen LogP contribution >= 0.6 is 34.7 Å². The van der Waals surface area contributed by atoms with Crippen LogP contribution in [0.25, 0.3) is 0 Å². The molecule has 1 aliphatic heterocycles. The van der Waals surface area contributed by atoms with Gasteiger partial charge < -0.3 is 15.0 Å². The summed E-state index contributed by atoms with van der Waals surface area (Å²) in [7, 11) is 0. The van der Waals surface area contributed by atoms with Gasteiger partial charge in [0.1, 0.15) is 9.36 Å². The fourth-order valence-electron chi connectivity index (χ4n) is 3.31. The summed E-state index contributed by atoms with van der Waals surface area (Å²) in [4.78, 5) is 26.7. The molecule has 1 unspecified atom stereocenters. The number of carbonyl (C=O) groups excluding carboxylic acids is 2. The van der Waals surface area contributed by atoms with Gasteiger partial charge in [-0.1, -0.05) is 36.0 Å². The zero-order valence-electron chi connectivity index (χ0n) is 13.8. The molecule has 0 spiro atoms. The monoisotopic (exact) mass is 405 g/mol. The highest BCUT2D eigenvalue weighted by molar-refractivity contribution is 7.11. The predicted molar refractivity (Wildman–Crippen MR) is 97.4 cm³/mol. The van der Waals surface area contributed by atoms with Crippen molar-refractivity contribution in [2.45, 2.75) is 50.7 Å². The standard InChI is InChI=1S/C16H21Cl2N3O3S/c17-13-14(20-25-15(13)18)16(23)21(8-11-6-3-7-24-11)9-12(22)19-10-4-1-2-5-10/h10-11H,1-9H2,(H,19,22). The van der Waals surface area contributed by atoms with Crippen LogP contribution in [0.3, 0.4) is 0 Å². The van der Waals surface area contributed by atoms with E-state index in [2.05, 4.69) is 9.69 Å². The number of nitrogens with one attached hydrogen (secondary N) is 1. The smallest absolute Gasteiger partial charge is 0.275 e. The Kier molecular flexibility index (Phi) is 6.55. The summed E-state index contributed by atoms with van der Waals surface area (Å²) >= 11 is 13.0. The molecule has 3 rings (SSSR count). The first kappa shape index (κ1) is 18.9. The number of hydrogen-bond acceptors (Lipinski definition) is 5. The van der Waals surface area contributed by atoms with E-state index in [-0.39, 0.29) is 45.6 Å². The zero-order valence-corrected chi connectivity index (χ0v) is 16.1. The molecular weight excluding hydrogens is 385 g/mol. The first-order valence-electron chi connectivity index (χ1n) is 8.55. The van der Waals surface area contributed by atoms with E-state index < -0.39 is 0 Å². The van der Waals surface area contributed by atoms with Crippen LogP contribution in [0.1, 0.15) is 49.0 Å². The molecule has 6 nitrogen and oxygen atoms in total. The van der Waals surface area contributed by atoms with Gasteiger partial charge in [0.2, 0.25) is 5.91 Å². The van der Waals surface area contributed by atoms with Crippen LogP contribution in [-0.2, 0) is 9.53 Å². The summed E-state index contributed by atoms with van der Waals surface area (Å²) in [5.74, 6) is -0.541. The third-order valence-corrected chi connectivity index (χ3v) is 6.20. The van der Waals surface area contributed by atoms with E-state index >= 15 is 0 Å². The summed E-state index contributed by atoms with van der Waals surface area (Å²) in [6.45, 7) is 1.01. The molecule has 1 aromatic rings. The Hall–Kier alpha value is -0.890. The lowest BCUT2D eigenvalue weighted by Gasteiger charge is -2.25. The van der Waals surface area contributed by atoms with E-state index in [1.807, 2.05) is 0 Å². The SMILES string of the molecule is O=C(CN(CC1CCCO1)C(=O)c1nsc(Cl)c1Cl)NC1CCCC1. The van der Waals surface area contributed by atoms with Crippen molar-refractivity contribution >= 4 is 46.5 Å². The van der Waals surface area contributed by atoms with Gasteiger partial charge in [-0.2, -0.15) is 4.37 Å². The molecule has 1 atom stereocenters. The van der Waals surface area contributed by atoms with Gasteiger partial charge in [-0.3, -0.25) is 9.59 Å². The maximum atomic E-state index is 12.8. The number of rotatable bonds is 6. The molecule has 9 heteroatoms. The average Bonchev–Trinajstić information content (AvgIpc) is 3.32. The van der Waals surface area contributed by atoms with E-state index in [4.69, 9.17) is 27.9 Å². The molecule has 25 heavy (non-hydrogen) atoms. The fraction of sp³-hybridized carbons (Fsp3) is 0.688. The van der Waals surface area contributed by atoms with Crippen LogP contribution in [0, 0.1) is 0 Å². The van der Waals surface area contributed by atoms with Gasteiger partial charge in [-0.15, -0.1) is 0 Å². The largest absolute Gasteiger partial charge is 0.376 e. The van der Waals surface area contributed by atoms with Gasteiger partial charge in [0.25, 0.3) is 5.91 Å². The molecule has 0 bridgehead atoms. The number of aromatic nitrogens is 1. The molecule has 0 radical (unpaired) electrons. The van der Waals surface area contributed by atoms with Crippen molar-refractivity contribution in [2.75, 3.05) is 19.7 Å². The number of hydrogen-bond donors (Lipinski definition) is 1. The Morgan fingerprint density at radius 2 is 2.00 bits per heavy atom. The van der Waals surface area contributed by atoms with E-state index in [0.29, 0.717) is 13.2 Å². The maximum Gasteiger partial charge on any atom is 0.275 e. The van der Waals surface area contributed by atoms with Crippen molar-refractivity contribution in [3.8, 4) is 0 Å². The topological polar surface area (TPSA) is 71.5 Å². The number of nitrogens with zero attached hydrogens (tertiary/aromatic N) is 2. The molecule has 2 heterocycles.